The molecule has 0 atom stereocenters. The molecule has 2 aromatic rings. The van der Waals surface area contributed by atoms with Gasteiger partial charge in [-0.05, 0) is 13.0 Å². The molecule has 106 valence electrons. The maximum absolute atomic E-state index is 11.6. The number of aryl methyl sites for hydroxylation is 1. The summed E-state index contributed by atoms with van der Waals surface area (Å²) in [6.07, 6.45) is -0.0186. The summed E-state index contributed by atoms with van der Waals surface area (Å²) in [7, 11) is 1.58. The highest BCUT2D eigenvalue weighted by atomic mass is 16.6. The lowest BCUT2D eigenvalue weighted by Crippen LogP contribution is -2.28. The Bertz CT molecular complexity index is 583. The molecule has 1 heterocycles. The van der Waals surface area contributed by atoms with Crippen LogP contribution in [0.4, 0.5) is 0 Å². The second-order valence-corrected chi connectivity index (χ2v) is 3.98. The molecule has 2 rings (SSSR count). The fourth-order valence-electron chi connectivity index (χ4n) is 1.56. The van der Waals surface area contributed by atoms with Crippen LogP contribution in [0.1, 0.15) is 11.4 Å². The molecule has 0 bridgehead atoms. The van der Waals surface area contributed by atoms with Crippen LogP contribution in [0.25, 0.3) is 0 Å². The maximum Gasteiger partial charge on any atom is 0.417 e. The molecule has 0 aliphatic carbocycles. The molecular formula is C13H15N3O4. The Morgan fingerprint density at radius 1 is 1.40 bits per heavy atom. The Morgan fingerprint density at radius 2 is 2.20 bits per heavy atom. The van der Waals surface area contributed by atoms with E-state index >= 15 is 0 Å². The zero-order chi connectivity index (χ0) is 14.4. The Balaban J connectivity index is 1.80. The van der Waals surface area contributed by atoms with E-state index in [1.54, 1.807) is 14.0 Å². The van der Waals surface area contributed by atoms with Crippen LogP contribution >= 0.6 is 0 Å². The fraction of sp³-hybridized carbons (Fsp3) is 0.308. The third-order valence-electron chi connectivity index (χ3n) is 2.50. The number of rotatable bonds is 6. The van der Waals surface area contributed by atoms with Gasteiger partial charge in [-0.1, -0.05) is 23.4 Å². The van der Waals surface area contributed by atoms with Crippen LogP contribution in [-0.4, -0.2) is 29.8 Å². The lowest BCUT2D eigenvalue weighted by molar-refractivity contribution is -0.123. The van der Waals surface area contributed by atoms with Crippen molar-refractivity contribution in [1.29, 1.82) is 0 Å². The molecular weight excluding hydrogens is 262 g/mol. The number of hydrogen-bond donors (Lipinski definition) is 1. The summed E-state index contributed by atoms with van der Waals surface area (Å²) in [6.45, 7) is 1.84. The molecule has 1 amide bonds. The van der Waals surface area contributed by atoms with E-state index in [0.29, 0.717) is 12.4 Å². The number of methoxy groups -OCH3 is 1. The zero-order valence-corrected chi connectivity index (χ0v) is 11.3. The number of ether oxygens (including phenoxy) is 2. The van der Waals surface area contributed by atoms with E-state index in [2.05, 4.69) is 15.5 Å². The SMILES string of the molecule is COc1ccccc1CNC(=O)COc1nc(C)no1. The van der Waals surface area contributed by atoms with E-state index in [9.17, 15) is 4.79 Å². The van der Waals surface area contributed by atoms with Gasteiger partial charge in [0.05, 0.1) is 7.11 Å². The third-order valence-corrected chi connectivity index (χ3v) is 2.50. The standard InChI is InChI=1S/C13H15N3O4/c1-9-15-13(20-16-9)19-8-12(17)14-7-10-5-3-4-6-11(10)18-2/h3-6H,7-8H2,1-2H3,(H,14,17). The van der Waals surface area contributed by atoms with Crippen molar-refractivity contribution in [2.24, 2.45) is 0 Å². The molecule has 1 N–H and O–H groups in total. The van der Waals surface area contributed by atoms with Gasteiger partial charge < -0.3 is 14.8 Å². The van der Waals surface area contributed by atoms with Crippen molar-refractivity contribution in [3.63, 3.8) is 0 Å². The Hall–Kier alpha value is -2.57. The second-order valence-electron chi connectivity index (χ2n) is 3.98. The quantitative estimate of drug-likeness (QED) is 0.850. The molecule has 7 heteroatoms. The van der Waals surface area contributed by atoms with Crippen molar-refractivity contribution < 1.29 is 18.8 Å². The lowest BCUT2D eigenvalue weighted by atomic mass is 10.2. The molecule has 0 spiro atoms. The molecule has 0 unspecified atom stereocenters. The van der Waals surface area contributed by atoms with Crippen molar-refractivity contribution >= 4 is 5.91 Å². The normalized spacial score (nSPS) is 10.1. The van der Waals surface area contributed by atoms with Crippen LogP contribution in [0.2, 0.25) is 0 Å². The van der Waals surface area contributed by atoms with E-state index in [1.165, 1.54) is 0 Å². The summed E-state index contributed by atoms with van der Waals surface area (Å²) in [5.74, 6) is 0.891. The van der Waals surface area contributed by atoms with Crippen molar-refractivity contribution in [1.82, 2.24) is 15.5 Å². The van der Waals surface area contributed by atoms with Crippen molar-refractivity contribution in [3.8, 4) is 11.8 Å². The first kappa shape index (κ1) is 13.9. The molecule has 0 saturated heterocycles. The summed E-state index contributed by atoms with van der Waals surface area (Å²) < 4.78 is 15.0. The fourth-order valence-corrected chi connectivity index (χ4v) is 1.56. The summed E-state index contributed by atoms with van der Waals surface area (Å²) in [6, 6.07) is 7.45. The molecule has 0 aliphatic heterocycles. The molecule has 0 aliphatic rings. The second kappa shape index (κ2) is 6.55. The van der Waals surface area contributed by atoms with E-state index in [-0.39, 0.29) is 18.6 Å². The van der Waals surface area contributed by atoms with Gasteiger partial charge in [0.15, 0.2) is 12.4 Å². The largest absolute Gasteiger partial charge is 0.496 e. The number of benzene rings is 1. The average Bonchev–Trinajstić information content (AvgIpc) is 2.89. The summed E-state index contributed by atoms with van der Waals surface area (Å²) in [5.41, 5.74) is 0.886. The minimum atomic E-state index is -0.285. The summed E-state index contributed by atoms with van der Waals surface area (Å²) >= 11 is 0. The molecule has 0 radical (unpaired) electrons. The molecule has 7 nitrogen and oxygen atoms in total. The number of carbonyl (C=O) groups excluding carboxylic acids is 1. The van der Waals surface area contributed by atoms with Crippen LogP contribution in [0, 0.1) is 6.92 Å². The highest BCUT2D eigenvalue weighted by Gasteiger charge is 2.08. The Labute approximate surface area is 115 Å². The first-order valence-electron chi connectivity index (χ1n) is 6.00. The molecule has 1 aromatic heterocycles. The molecule has 0 saturated carbocycles. The topological polar surface area (TPSA) is 86.5 Å². The van der Waals surface area contributed by atoms with Gasteiger partial charge in [0.1, 0.15) is 5.75 Å². The molecule has 20 heavy (non-hydrogen) atoms. The smallest absolute Gasteiger partial charge is 0.417 e. The molecule has 0 fully saturated rings. The zero-order valence-electron chi connectivity index (χ0n) is 11.3. The summed E-state index contributed by atoms with van der Waals surface area (Å²) in [5, 5.41) is 6.27. The van der Waals surface area contributed by atoms with Crippen molar-refractivity contribution in [2.75, 3.05) is 13.7 Å². The number of carbonyl (C=O) groups is 1. The monoisotopic (exact) mass is 277 g/mol. The first-order chi connectivity index (χ1) is 9.69. The van der Waals surface area contributed by atoms with E-state index < -0.39 is 0 Å². The van der Waals surface area contributed by atoms with Crippen molar-refractivity contribution in [2.45, 2.75) is 13.5 Å². The van der Waals surface area contributed by atoms with Crippen LogP contribution in [0.15, 0.2) is 28.8 Å². The van der Waals surface area contributed by atoms with Gasteiger partial charge in [-0.2, -0.15) is 4.98 Å². The number of amides is 1. The minimum Gasteiger partial charge on any atom is -0.496 e. The predicted octanol–water partition coefficient (Wildman–Crippen LogP) is 1.08. The van der Waals surface area contributed by atoms with E-state index in [1.807, 2.05) is 24.3 Å². The van der Waals surface area contributed by atoms with Gasteiger partial charge in [0, 0.05) is 12.1 Å². The van der Waals surface area contributed by atoms with Gasteiger partial charge in [0.2, 0.25) is 0 Å². The van der Waals surface area contributed by atoms with Gasteiger partial charge in [-0.15, -0.1) is 0 Å². The van der Waals surface area contributed by atoms with Crippen LogP contribution in [0.5, 0.6) is 11.8 Å². The van der Waals surface area contributed by atoms with Gasteiger partial charge >= 0.3 is 6.08 Å². The highest BCUT2D eigenvalue weighted by molar-refractivity contribution is 5.77. The number of nitrogens with zero attached hydrogens (tertiary/aromatic N) is 2. The first-order valence-corrected chi connectivity index (χ1v) is 6.00. The third kappa shape index (κ3) is 3.71. The molecule has 1 aromatic carbocycles. The van der Waals surface area contributed by atoms with E-state index in [4.69, 9.17) is 14.0 Å². The Kier molecular flexibility index (Phi) is 4.54. The van der Waals surface area contributed by atoms with Gasteiger partial charge in [-0.3, -0.25) is 9.32 Å². The van der Waals surface area contributed by atoms with Gasteiger partial charge in [-0.25, -0.2) is 0 Å². The number of hydrogen-bond acceptors (Lipinski definition) is 6. The van der Waals surface area contributed by atoms with Crippen LogP contribution < -0.4 is 14.8 Å². The number of nitrogens with one attached hydrogen (secondary N) is 1. The maximum atomic E-state index is 11.6. The predicted molar refractivity (Wildman–Crippen MR) is 69.4 cm³/mol. The van der Waals surface area contributed by atoms with Crippen molar-refractivity contribution in [3.05, 3.63) is 35.7 Å². The Morgan fingerprint density at radius 3 is 2.90 bits per heavy atom. The number of aromatic nitrogens is 2. The highest BCUT2D eigenvalue weighted by Crippen LogP contribution is 2.16. The minimum absolute atomic E-state index is 0.0186. The summed E-state index contributed by atoms with van der Waals surface area (Å²) in [4.78, 5) is 15.5. The number of para-hydroxylation sites is 1. The lowest BCUT2D eigenvalue weighted by Gasteiger charge is -2.09. The van der Waals surface area contributed by atoms with Crippen LogP contribution in [-0.2, 0) is 11.3 Å². The van der Waals surface area contributed by atoms with Gasteiger partial charge in [0.25, 0.3) is 5.91 Å². The van der Waals surface area contributed by atoms with Crippen LogP contribution in [0.3, 0.4) is 0 Å². The van der Waals surface area contributed by atoms with E-state index in [0.717, 1.165) is 11.3 Å². The average molecular weight is 277 g/mol.